The Morgan fingerprint density at radius 1 is 0.964 bits per heavy atom. The molecular formula is C23H25N3O2. The van der Waals surface area contributed by atoms with Crippen LogP contribution in [0.1, 0.15) is 37.7 Å². The molecule has 1 aliphatic carbocycles. The van der Waals surface area contributed by atoms with Crippen LogP contribution in [0, 0.1) is 0 Å². The summed E-state index contributed by atoms with van der Waals surface area (Å²) in [5, 5.41) is 3.11. The van der Waals surface area contributed by atoms with Crippen molar-refractivity contribution < 1.29 is 9.59 Å². The predicted octanol–water partition coefficient (Wildman–Crippen LogP) is 3.34. The van der Waals surface area contributed by atoms with E-state index in [1.165, 1.54) is 11.3 Å². The summed E-state index contributed by atoms with van der Waals surface area (Å²) >= 11 is 0. The molecule has 0 aromatic heterocycles. The number of benzene rings is 2. The number of carbonyl (C=O) groups excluding carboxylic acids is 2. The number of nitrogens with one attached hydrogen (secondary N) is 1. The van der Waals surface area contributed by atoms with Gasteiger partial charge in [0.15, 0.2) is 0 Å². The van der Waals surface area contributed by atoms with E-state index in [0.717, 1.165) is 36.9 Å². The number of aliphatic imine (C=N–C) groups is 1. The SMILES string of the molecule is CN(C(=O)C1(C(=O)NC2CCCCC2)N=C1c1ccccc1)c1ccccc1. The quantitative estimate of drug-likeness (QED) is 0.815. The van der Waals surface area contributed by atoms with E-state index >= 15 is 0 Å². The fourth-order valence-electron chi connectivity index (χ4n) is 3.96. The minimum atomic E-state index is -1.45. The van der Waals surface area contributed by atoms with Crippen LogP contribution in [0.3, 0.4) is 0 Å². The summed E-state index contributed by atoms with van der Waals surface area (Å²) in [4.78, 5) is 32.7. The molecule has 1 N–H and O–H groups in total. The standard InChI is InChI=1S/C23H25N3O2/c1-26(19-15-9-4-10-16-19)22(28)23(20(25-23)17-11-5-2-6-12-17)21(27)24-18-13-7-3-8-14-18/h2,4-6,9-12,15-16,18H,3,7-8,13-14H2,1H3,(H,24,27). The second-order valence-electron chi connectivity index (χ2n) is 7.54. The molecule has 5 nitrogen and oxygen atoms in total. The lowest BCUT2D eigenvalue weighted by atomic mass is 9.92. The van der Waals surface area contributed by atoms with E-state index in [1.807, 2.05) is 60.7 Å². The number of rotatable bonds is 5. The van der Waals surface area contributed by atoms with Gasteiger partial charge in [-0.3, -0.25) is 14.6 Å². The number of nitrogens with zero attached hydrogens (tertiary/aromatic N) is 2. The zero-order valence-electron chi connectivity index (χ0n) is 16.1. The molecule has 2 amide bonds. The first-order valence-electron chi connectivity index (χ1n) is 9.93. The van der Waals surface area contributed by atoms with Gasteiger partial charge >= 0.3 is 0 Å². The lowest BCUT2D eigenvalue weighted by molar-refractivity contribution is -0.131. The average Bonchev–Trinajstić information content (AvgIpc) is 3.52. The maximum absolute atomic E-state index is 13.4. The molecule has 4 rings (SSSR count). The van der Waals surface area contributed by atoms with E-state index in [0.29, 0.717) is 5.71 Å². The van der Waals surface area contributed by atoms with Crippen molar-refractivity contribution in [2.24, 2.45) is 4.99 Å². The van der Waals surface area contributed by atoms with Crippen molar-refractivity contribution in [3.63, 3.8) is 0 Å². The topological polar surface area (TPSA) is 61.8 Å². The smallest absolute Gasteiger partial charge is 0.270 e. The van der Waals surface area contributed by atoms with Crippen LogP contribution in [0.15, 0.2) is 65.7 Å². The molecule has 1 heterocycles. The Bertz CT molecular complexity index is 889. The number of likely N-dealkylation sites (N-methyl/N-ethyl adjacent to an activating group) is 1. The lowest BCUT2D eigenvalue weighted by Gasteiger charge is -2.27. The molecule has 1 atom stereocenters. The summed E-state index contributed by atoms with van der Waals surface area (Å²) < 4.78 is 0. The molecule has 0 spiro atoms. The lowest BCUT2D eigenvalue weighted by Crippen LogP contribution is -2.55. The van der Waals surface area contributed by atoms with Gasteiger partial charge in [0.2, 0.25) is 0 Å². The van der Waals surface area contributed by atoms with Crippen LogP contribution < -0.4 is 10.2 Å². The van der Waals surface area contributed by atoms with E-state index in [4.69, 9.17) is 0 Å². The summed E-state index contributed by atoms with van der Waals surface area (Å²) in [5.41, 5.74) is 0.654. The second-order valence-corrected chi connectivity index (χ2v) is 7.54. The molecule has 2 aliphatic rings. The fourth-order valence-corrected chi connectivity index (χ4v) is 3.96. The van der Waals surface area contributed by atoms with Crippen LogP contribution in [-0.2, 0) is 9.59 Å². The summed E-state index contributed by atoms with van der Waals surface area (Å²) in [6.45, 7) is 0. The zero-order valence-corrected chi connectivity index (χ0v) is 16.1. The molecule has 0 bridgehead atoms. The molecule has 144 valence electrons. The molecular weight excluding hydrogens is 350 g/mol. The van der Waals surface area contributed by atoms with E-state index in [2.05, 4.69) is 10.3 Å². The third-order valence-electron chi connectivity index (χ3n) is 5.65. The first-order chi connectivity index (χ1) is 13.6. The summed E-state index contributed by atoms with van der Waals surface area (Å²) in [6.07, 6.45) is 5.36. The van der Waals surface area contributed by atoms with E-state index in [1.54, 1.807) is 7.05 Å². The normalized spacial score (nSPS) is 21.5. The van der Waals surface area contributed by atoms with E-state index < -0.39 is 5.54 Å². The van der Waals surface area contributed by atoms with Crippen LogP contribution in [0.5, 0.6) is 0 Å². The summed E-state index contributed by atoms with van der Waals surface area (Å²) in [6, 6.07) is 19.0. The Labute approximate surface area is 165 Å². The Morgan fingerprint density at radius 3 is 2.21 bits per heavy atom. The van der Waals surface area contributed by atoms with Crippen molar-refractivity contribution in [3.8, 4) is 0 Å². The van der Waals surface area contributed by atoms with Crippen LogP contribution in [0.2, 0.25) is 0 Å². The number of hydrogen-bond acceptors (Lipinski definition) is 3. The second kappa shape index (κ2) is 7.58. The van der Waals surface area contributed by atoms with Gasteiger partial charge in [0.1, 0.15) is 0 Å². The van der Waals surface area contributed by atoms with Gasteiger partial charge in [0.05, 0.1) is 5.71 Å². The van der Waals surface area contributed by atoms with Gasteiger partial charge in [-0.25, -0.2) is 0 Å². The van der Waals surface area contributed by atoms with Crippen molar-refractivity contribution in [1.29, 1.82) is 0 Å². The van der Waals surface area contributed by atoms with Gasteiger partial charge in [0, 0.05) is 18.8 Å². The molecule has 1 unspecified atom stereocenters. The number of carbonyl (C=O) groups is 2. The van der Waals surface area contributed by atoms with Gasteiger partial charge in [-0.2, -0.15) is 0 Å². The van der Waals surface area contributed by atoms with Crippen molar-refractivity contribution in [2.75, 3.05) is 11.9 Å². The highest BCUT2D eigenvalue weighted by atomic mass is 16.2. The van der Waals surface area contributed by atoms with Crippen molar-refractivity contribution in [2.45, 2.75) is 43.7 Å². The maximum Gasteiger partial charge on any atom is 0.270 e. The van der Waals surface area contributed by atoms with Gasteiger partial charge in [0.25, 0.3) is 17.4 Å². The molecule has 5 heteroatoms. The van der Waals surface area contributed by atoms with Gasteiger partial charge in [-0.1, -0.05) is 67.8 Å². The largest absolute Gasteiger partial charge is 0.350 e. The Hall–Kier alpha value is -2.95. The highest BCUT2D eigenvalue weighted by Crippen LogP contribution is 2.36. The molecule has 2 aromatic rings. The summed E-state index contributed by atoms with van der Waals surface area (Å²) in [7, 11) is 1.70. The molecule has 1 aliphatic heterocycles. The highest BCUT2D eigenvalue weighted by Gasteiger charge is 2.62. The van der Waals surface area contributed by atoms with Crippen molar-refractivity contribution in [3.05, 3.63) is 66.2 Å². The third-order valence-corrected chi connectivity index (χ3v) is 5.65. The average molecular weight is 375 g/mol. The number of amides is 2. The summed E-state index contributed by atoms with van der Waals surface area (Å²) in [5.74, 6) is -0.614. The van der Waals surface area contributed by atoms with Crippen LogP contribution in [0.4, 0.5) is 5.69 Å². The first-order valence-corrected chi connectivity index (χ1v) is 9.93. The van der Waals surface area contributed by atoms with E-state index in [-0.39, 0.29) is 17.9 Å². The molecule has 28 heavy (non-hydrogen) atoms. The minimum Gasteiger partial charge on any atom is -0.350 e. The number of anilines is 1. The molecule has 1 saturated carbocycles. The van der Waals surface area contributed by atoms with E-state index in [9.17, 15) is 9.59 Å². The first kappa shape index (κ1) is 18.4. The monoisotopic (exact) mass is 375 g/mol. The third kappa shape index (κ3) is 3.33. The fraction of sp³-hybridized carbons (Fsp3) is 0.348. The molecule has 1 fully saturated rings. The van der Waals surface area contributed by atoms with Crippen LogP contribution in [-0.4, -0.2) is 36.2 Å². The van der Waals surface area contributed by atoms with Gasteiger partial charge < -0.3 is 10.2 Å². The van der Waals surface area contributed by atoms with Crippen molar-refractivity contribution >= 4 is 23.2 Å². The molecule has 2 aromatic carbocycles. The van der Waals surface area contributed by atoms with Gasteiger partial charge in [-0.05, 0) is 30.5 Å². The molecule has 0 radical (unpaired) electrons. The maximum atomic E-state index is 13.4. The predicted molar refractivity (Wildman–Crippen MR) is 111 cm³/mol. The molecule has 0 saturated heterocycles. The van der Waals surface area contributed by atoms with Crippen LogP contribution >= 0.6 is 0 Å². The van der Waals surface area contributed by atoms with Crippen LogP contribution in [0.25, 0.3) is 0 Å². The van der Waals surface area contributed by atoms with Crippen molar-refractivity contribution in [1.82, 2.24) is 5.32 Å². The minimum absolute atomic E-state index is 0.126. The highest BCUT2D eigenvalue weighted by molar-refractivity contribution is 6.44. The Balaban J connectivity index is 1.61. The Morgan fingerprint density at radius 2 is 1.57 bits per heavy atom. The Kier molecular flexibility index (Phi) is 4.99. The number of para-hydroxylation sites is 1. The number of hydrogen-bond donors (Lipinski definition) is 1. The zero-order chi connectivity index (χ0) is 19.6. The van der Waals surface area contributed by atoms with Gasteiger partial charge in [-0.15, -0.1) is 0 Å².